The summed E-state index contributed by atoms with van der Waals surface area (Å²) < 4.78 is 14.8. The molecule has 0 unspecified atom stereocenters. The second kappa shape index (κ2) is 5.10. The Morgan fingerprint density at radius 3 is 2.81 bits per heavy atom. The first kappa shape index (κ1) is 14.0. The lowest BCUT2D eigenvalue weighted by atomic mass is 9.97. The van der Waals surface area contributed by atoms with E-state index in [1.807, 2.05) is 18.2 Å². The summed E-state index contributed by atoms with van der Waals surface area (Å²) in [6.45, 7) is 1.63. The summed E-state index contributed by atoms with van der Waals surface area (Å²) in [4.78, 5) is 11.1. The van der Waals surface area contributed by atoms with Crippen molar-refractivity contribution in [3.05, 3.63) is 51.0 Å². The van der Waals surface area contributed by atoms with Crippen molar-refractivity contribution in [2.75, 3.05) is 0 Å². The molecule has 0 fully saturated rings. The van der Waals surface area contributed by atoms with Crippen molar-refractivity contribution < 1.29 is 14.3 Å². The summed E-state index contributed by atoms with van der Waals surface area (Å²) in [7, 11) is 0. The first-order valence-electron chi connectivity index (χ1n) is 6.15. The summed E-state index contributed by atoms with van der Waals surface area (Å²) in [5.74, 6) is -1.67. The van der Waals surface area contributed by atoms with Crippen LogP contribution in [0, 0.1) is 16.4 Å². The zero-order chi connectivity index (χ0) is 15.1. The van der Waals surface area contributed by atoms with Gasteiger partial charge in [-0.1, -0.05) is 6.07 Å². The van der Waals surface area contributed by atoms with Gasteiger partial charge >= 0.3 is 5.97 Å². The fraction of sp³-hybridized carbons (Fsp3) is 0.0667. The summed E-state index contributed by atoms with van der Waals surface area (Å²) in [5.41, 5.74) is 2.42. The molecule has 2 aromatic carbocycles. The third-order valence-corrected chi connectivity index (χ3v) is 4.23. The minimum Gasteiger partial charge on any atom is -0.478 e. The summed E-state index contributed by atoms with van der Waals surface area (Å²) in [6.07, 6.45) is 0. The molecular formula is C15H10FIN2O2. The van der Waals surface area contributed by atoms with E-state index >= 15 is 0 Å². The van der Waals surface area contributed by atoms with Crippen LogP contribution in [0.25, 0.3) is 22.0 Å². The SMILES string of the molecule is Cc1c(F)cc(C(=O)O)cc1-c1ccc2c(I)[nH]nc2c1. The van der Waals surface area contributed by atoms with E-state index in [1.165, 1.54) is 6.07 Å². The highest BCUT2D eigenvalue weighted by Gasteiger charge is 2.14. The average Bonchev–Trinajstić information content (AvgIpc) is 2.82. The van der Waals surface area contributed by atoms with Gasteiger partial charge in [-0.3, -0.25) is 5.10 Å². The molecule has 21 heavy (non-hydrogen) atoms. The van der Waals surface area contributed by atoms with Crippen molar-refractivity contribution in [1.82, 2.24) is 10.2 Å². The van der Waals surface area contributed by atoms with Crippen molar-refractivity contribution in [1.29, 1.82) is 0 Å². The van der Waals surface area contributed by atoms with Crippen LogP contribution in [-0.4, -0.2) is 21.3 Å². The van der Waals surface area contributed by atoms with Crippen LogP contribution < -0.4 is 0 Å². The molecule has 0 aliphatic rings. The van der Waals surface area contributed by atoms with Gasteiger partial charge in [-0.15, -0.1) is 0 Å². The molecule has 0 aliphatic heterocycles. The van der Waals surface area contributed by atoms with Crippen LogP contribution in [0.15, 0.2) is 30.3 Å². The monoisotopic (exact) mass is 396 g/mol. The minimum absolute atomic E-state index is 0.0650. The third-order valence-electron chi connectivity index (χ3n) is 3.41. The van der Waals surface area contributed by atoms with Gasteiger partial charge in [-0.2, -0.15) is 5.10 Å². The van der Waals surface area contributed by atoms with Gasteiger partial charge in [-0.25, -0.2) is 9.18 Å². The van der Waals surface area contributed by atoms with Crippen LogP contribution in [0.5, 0.6) is 0 Å². The van der Waals surface area contributed by atoms with E-state index in [4.69, 9.17) is 5.11 Å². The van der Waals surface area contributed by atoms with Gasteiger partial charge in [-0.05, 0) is 70.5 Å². The van der Waals surface area contributed by atoms with Crippen molar-refractivity contribution in [2.24, 2.45) is 0 Å². The highest BCUT2D eigenvalue weighted by Crippen LogP contribution is 2.30. The molecule has 3 rings (SSSR count). The van der Waals surface area contributed by atoms with E-state index < -0.39 is 11.8 Å². The van der Waals surface area contributed by atoms with Gasteiger partial charge in [0.15, 0.2) is 0 Å². The predicted molar refractivity (Wildman–Crippen MR) is 85.9 cm³/mol. The van der Waals surface area contributed by atoms with Gasteiger partial charge in [0.25, 0.3) is 0 Å². The zero-order valence-corrected chi connectivity index (χ0v) is 13.1. The Bertz CT molecular complexity index is 873. The number of halogens is 2. The first-order valence-corrected chi connectivity index (χ1v) is 7.22. The van der Waals surface area contributed by atoms with E-state index in [1.54, 1.807) is 6.92 Å². The number of nitrogens with one attached hydrogen (secondary N) is 1. The maximum absolute atomic E-state index is 13.9. The van der Waals surface area contributed by atoms with Gasteiger partial charge in [0.05, 0.1) is 11.1 Å². The van der Waals surface area contributed by atoms with Crippen LogP contribution >= 0.6 is 22.6 Å². The maximum atomic E-state index is 13.9. The standard InChI is InChI=1S/C15H10FIN2O2/c1-7-11(4-9(15(20)21)5-12(7)16)8-2-3-10-13(6-8)18-19-14(10)17/h2-6H,1H3,(H,18,19)(H,20,21). The Morgan fingerprint density at radius 1 is 1.33 bits per heavy atom. The van der Waals surface area contributed by atoms with E-state index in [0.717, 1.165) is 26.2 Å². The molecule has 0 radical (unpaired) electrons. The Hall–Kier alpha value is -1.96. The summed E-state index contributed by atoms with van der Waals surface area (Å²) >= 11 is 2.15. The van der Waals surface area contributed by atoms with Crippen LogP contribution in [0.3, 0.4) is 0 Å². The largest absolute Gasteiger partial charge is 0.478 e. The van der Waals surface area contributed by atoms with Gasteiger partial charge in [0, 0.05) is 5.39 Å². The van der Waals surface area contributed by atoms with Crippen molar-refractivity contribution in [3.63, 3.8) is 0 Å². The number of nitrogens with zero attached hydrogens (tertiary/aromatic N) is 1. The topological polar surface area (TPSA) is 66.0 Å². The number of fused-ring (bicyclic) bond motifs is 1. The first-order chi connectivity index (χ1) is 9.97. The maximum Gasteiger partial charge on any atom is 0.335 e. The number of carboxylic acids is 1. The Labute approximate surface area is 133 Å². The Balaban J connectivity index is 2.23. The molecule has 0 saturated heterocycles. The molecule has 6 heteroatoms. The number of aromatic nitrogens is 2. The molecule has 0 bridgehead atoms. The van der Waals surface area contributed by atoms with Crippen LogP contribution in [0.4, 0.5) is 4.39 Å². The van der Waals surface area contributed by atoms with Crippen molar-refractivity contribution in [3.8, 4) is 11.1 Å². The number of aromatic carboxylic acids is 1. The molecule has 0 aliphatic carbocycles. The average molecular weight is 396 g/mol. The number of hydrogen-bond donors (Lipinski definition) is 2. The molecule has 1 heterocycles. The molecule has 0 saturated carbocycles. The van der Waals surface area contributed by atoms with Crippen molar-refractivity contribution >= 4 is 39.5 Å². The van der Waals surface area contributed by atoms with E-state index in [-0.39, 0.29) is 5.56 Å². The second-order valence-corrected chi connectivity index (χ2v) is 5.78. The number of H-pyrrole nitrogens is 1. The molecule has 0 spiro atoms. The van der Waals surface area contributed by atoms with Gasteiger partial charge in [0.2, 0.25) is 0 Å². The smallest absolute Gasteiger partial charge is 0.335 e. The minimum atomic E-state index is -1.15. The fourth-order valence-electron chi connectivity index (χ4n) is 2.25. The Morgan fingerprint density at radius 2 is 2.10 bits per heavy atom. The lowest BCUT2D eigenvalue weighted by Crippen LogP contribution is -2.00. The number of benzene rings is 2. The van der Waals surface area contributed by atoms with E-state index in [9.17, 15) is 9.18 Å². The molecule has 0 atom stereocenters. The number of rotatable bonds is 2. The number of carbonyl (C=O) groups is 1. The third kappa shape index (κ3) is 2.39. The van der Waals surface area contributed by atoms with Crippen LogP contribution in [-0.2, 0) is 0 Å². The number of aromatic amines is 1. The summed E-state index contributed by atoms with van der Waals surface area (Å²) in [6, 6.07) is 8.08. The van der Waals surface area contributed by atoms with Crippen LogP contribution in [0.1, 0.15) is 15.9 Å². The molecule has 106 valence electrons. The molecule has 3 aromatic rings. The second-order valence-electron chi connectivity index (χ2n) is 4.71. The molecule has 0 amide bonds. The molecule has 2 N–H and O–H groups in total. The van der Waals surface area contributed by atoms with Crippen LogP contribution in [0.2, 0.25) is 0 Å². The lowest BCUT2D eigenvalue weighted by molar-refractivity contribution is 0.0696. The fourth-order valence-corrected chi connectivity index (χ4v) is 2.83. The van der Waals surface area contributed by atoms with E-state index in [0.29, 0.717) is 11.1 Å². The normalized spacial score (nSPS) is 11.0. The Kier molecular flexibility index (Phi) is 3.40. The number of carboxylic acid groups (broad SMARTS) is 1. The van der Waals surface area contributed by atoms with Gasteiger partial charge in [0.1, 0.15) is 9.52 Å². The highest BCUT2D eigenvalue weighted by molar-refractivity contribution is 14.1. The van der Waals surface area contributed by atoms with E-state index in [2.05, 4.69) is 32.8 Å². The molecular weight excluding hydrogens is 386 g/mol. The number of hydrogen-bond acceptors (Lipinski definition) is 2. The molecule has 4 nitrogen and oxygen atoms in total. The zero-order valence-electron chi connectivity index (χ0n) is 10.9. The van der Waals surface area contributed by atoms with Gasteiger partial charge < -0.3 is 5.11 Å². The lowest BCUT2D eigenvalue weighted by Gasteiger charge is -2.09. The summed E-state index contributed by atoms with van der Waals surface area (Å²) in [5, 5.41) is 17.1. The highest BCUT2D eigenvalue weighted by atomic mass is 127. The predicted octanol–water partition coefficient (Wildman–Crippen LogP) is 3.98. The van der Waals surface area contributed by atoms with Crippen molar-refractivity contribution in [2.45, 2.75) is 6.92 Å². The quantitative estimate of drug-likeness (QED) is 0.645. The molecule has 1 aromatic heterocycles.